The summed E-state index contributed by atoms with van der Waals surface area (Å²) >= 11 is 0. The molecule has 1 aliphatic heterocycles. The maximum atomic E-state index is 13.2. The number of H-pyrrole nitrogens is 1. The van der Waals surface area contributed by atoms with Crippen LogP contribution in [0.25, 0.3) is 0 Å². The third-order valence-corrected chi connectivity index (χ3v) is 4.87. The van der Waals surface area contributed by atoms with Crippen molar-refractivity contribution in [3.63, 3.8) is 0 Å². The predicted molar refractivity (Wildman–Crippen MR) is 102 cm³/mol. The second-order valence-corrected chi connectivity index (χ2v) is 7.13. The molecule has 8 heteroatoms. The molecule has 1 atom stereocenters. The van der Waals surface area contributed by atoms with Gasteiger partial charge in [-0.2, -0.15) is 5.10 Å². The van der Waals surface area contributed by atoms with E-state index in [1.807, 2.05) is 0 Å². The van der Waals surface area contributed by atoms with Crippen LogP contribution >= 0.6 is 0 Å². The lowest BCUT2D eigenvalue weighted by Gasteiger charge is -2.32. The largest absolute Gasteiger partial charge is 0.493 e. The maximum absolute atomic E-state index is 13.2. The lowest BCUT2D eigenvalue weighted by molar-refractivity contribution is -0.132. The number of nitrogens with one attached hydrogen (secondary N) is 1. The summed E-state index contributed by atoms with van der Waals surface area (Å²) in [5, 5.41) is 6.98. The number of hydrogen-bond donors (Lipinski definition) is 1. The minimum atomic E-state index is -0.370. The van der Waals surface area contributed by atoms with E-state index in [1.165, 1.54) is 17.0 Å². The van der Waals surface area contributed by atoms with Crippen molar-refractivity contribution in [3.8, 4) is 5.75 Å². The second kappa shape index (κ2) is 8.86. The molecule has 2 heterocycles. The van der Waals surface area contributed by atoms with Crippen LogP contribution in [0.4, 0.5) is 4.39 Å². The highest BCUT2D eigenvalue weighted by molar-refractivity contribution is 5.95. The van der Waals surface area contributed by atoms with Gasteiger partial charge in [0, 0.05) is 39.2 Å². The van der Waals surface area contributed by atoms with Gasteiger partial charge < -0.3 is 14.5 Å². The molecule has 1 aromatic carbocycles. The van der Waals surface area contributed by atoms with Crippen molar-refractivity contribution in [2.75, 3.05) is 33.8 Å². The number of likely N-dealkylation sites (tertiary alicyclic amines) is 1. The van der Waals surface area contributed by atoms with Gasteiger partial charge in [-0.1, -0.05) is 6.07 Å². The van der Waals surface area contributed by atoms with Crippen molar-refractivity contribution in [3.05, 3.63) is 47.5 Å². The second-order valence-electron chi connectivity index (χ2n) is 7.13. The first-order valence-corrected chi connectivity index (χ1v) is 9.36. The number of nitrogens with zero attached hydrogens (tertiary/aromatic N) is 3. The Hall–Kier alpha value is -2.90. The molecule has 1 N–H and O–H groups in total. The van der Waals surface area contributed by atoms with Crippen molar-refractivity contribution in [1.29, 1.82) is 0 Å². The topological polar surface area (TPSA) is 78.5 Å². The van der Waals surface area contributed by atoms with E-state index < -0.39 is 0 Å². The third kappa shape index (κ3) is 4.68. The van der Waals surface area contributed by atoms with Gasteiger partial charge in [0.2, 0.25) is 5.91 Å². The number of rotatable bonds is 6. The summed E-state index contributed by atoms with van der Waals surface area (Å²) in [6.07, 6.45) is 3.51. The van der Waals surface area contributed by atoms with Crippen LogP contribution in [0.5, 0.6) is 5.75 Å². The molecule has 1 fully saturated rings. The van der Waals surface area contributed by atoms with Gasteiger partial charge in [-0.3, -0.25) is 14.7 Å². The Morgan fingerprint density at radius 2 is 2.21 bits per heavy atom. The normalized spacial score (nSPS) is 16.7. The van der Waals surface area contributed by atoms with E-state index in [1.54, 1.807) is 37.3 Å². The average molecular weight is 388 g/mol. The van der Waals surface area contributed by atoms with Gasteiger partial charge in [0.15, 0.2) is 0 Å². The minimum Gasteiger partial charge on any atom is -0.493 e. The van der Waals surface area contributed by atoms with Gasteiger partial charge in [0.1, 0.15) is 11.6 Å². The number of hydrogen-bond acceptors (Lipinski definition) is 4. The lowest BCUT2D eigenvalue weighted by atomic mass is 9.92. The van der Waals surface area contributed by atoms with Gasteiger partial charge in [-0.25, -0.2) is 4.39 Å². The minimum absolute atomic E-state index is 0.0129. The highest BCUT2D eigenvalue weighted by atomic mass is 19.1. The predicted octanol–water partition coefficient (Wildman–Crippen LogP) is 2.43. The number of benzene rings is 1. The Labute approximate surface area is 163 Å². The molecule has 1 saturated heterocycles. The number of carbonyl (C=O) groups excluding carboxylic acids is 2. The third-order valence-electron chi connectivity index (χ3n) is 4.87. The molecule has 1 aliphatic rings. The first-order chi connectivity index (χ1) is 13.5. The number of aromatic amines is 1. The zero-order valence-electron chi connectivity index (χ0n) is 16.2. The number of halogens is 1. The van der Waals surface area contributed by atoms with Crippen molar-refractivity contribution < 1.29 is 18.7 Å². The van der Waals surface area contributed by atoms with Crippen molar-refractivity contribution >= 4 is 11.8 Å². The van der Waals surface area contributed by atoms with E-state index in [-0.39, 0.29) is 36.6 Å². The molecule has 150 valence electrons. The van der Waals surface area contributed by atoms with Gasteiger partial charge >= 0.3 is 0 Å². The SMILES string of the molecule is CN(C)C(=O)c1cn[nH]c1[C@@H]1CCCN(C(=O)CCOc2cccc(F)c2)C1. The van der Waals surface area contributed by atoms with Gasteiger partial charge in [-0.05, 0) is 25.0 Å². The van der Waals surface area contributed by atoms with Gasteiger partial charge in [0.25, 0.3) is 5.91 Å². The summed E-state index contributed by atoms with van der Waals surface area (Å²) in [5.41, 5.74) is 1.34. The van der Waals surface area contributed by atoms with Crippen LogP contribution in [0, 0.1) is 5.82 Å². The molecule has 2 amide bonds. The van der Waals surface area contributed by atoms with Gasteiger partial charge in [0.05, 0.1) is 30.5 Å². The fourth-order valence-electron chi connectivity index (χ4n) is 3.43. The van der Waals surface area contributed by atoms with Crippen LogP contribution in [0.15, 0.2) is 30.5 Å². The highest BCUT2D eigenvalue weighted by Crippen LogP contribution is 2.28. The average Bonchev–Trinajstić information content (AvgIpc) is 3.17. The molecule has 0 saturated carbocycles. The quantitative estimate of drug-likeness (QED) is 0.824. The van der Waals surface area contributed by atoms with Crippen molar-refractivity contribution in [2.24, 2.45) is 0 Å². The number of carbonyl (C=O) groups is 2. The Morgan fingerprint density at radius 3 is 2.96 bits per heavy atom. The zero-order chi connectivity index (χ0) is 20.1. The molecule has 3 rings (SSSR count). The van der Waals surface area contributed by atoms with Crippen LogP contribution in [0.1, 0.15) is 41.2 Å². The Kier molecular flexibility index (Phi) is 6.28. The molecular weight excluding hydrogens is 363 g/mol. The smallest absolute Gasteiger partial charge is 0.256 e. The molecule has 7 nitrogen and oxygen atoms in total. The summed E-state index contributed by atoms with van der Waals surface area (Å²) in [5.74, 6) is -0.0287. The van der Waals surface area contributed by atoms with Crippen molar-refractivity contribution in [2.45, 2.75) is 25.2 Å². The van der Waals surface area contributed by atoms with E-state index >= 15 is 0 Å². The van der Waals surface area contributed by atoms with Crippen LogP contribution in [-0.4, -0.2) is 65.6 Å². The Balaban J connectivity index is 1.57. The molecule has 0 spiro atoms. The number of piperidine rings is 1. The lowest BCUT2D eigenvalue weighted by Crippen LogP contribution is -2.40. The van der Waals surface area contributed by atoms with Crippen LogP contribution < -0.4 is 4.74 Å². The molecule has 1 aromatic heterocycles. The molecule has 0 bridgehead atoms. The summed E-state index contributed by atoms with van der Waals surface area (Å²) in [4.78, 5) is 28.2. The van der Waals surface area contributed by atoms with Crippen molar-refractivity contribution in [1.82, 2.24) is 20.0 Å². The van der Waals surface area contributed by atoms with Gasteiger partial charge in [-0.15, -0.1) is 0 Å². The molecular formula is C20H25FN4O3. The van der Waals surface area contributed by atoms with Crippen LogP contribution in [-0.2, 0) is 4.79 Å². The summed E-state index contributed by atoms with van der Waals surface area (Å²) < 4.78 is 18.6. The first-order valence-electron chi connectivity index (χ1n) is 9.36. The fraction of sp³-hybridized carbons (Fsp3) is 0.450. The monoisotopic (exact) mass is 388 g/mol. The Bertz CT molecular complexity index is 836. The van der Waals surface area contributed by atoms with Crippen LogP contribution in [0.2, 0.25) is 0 Å². The molecule has 0 radical (unpaired) electrons. The maximum Gasteiger partial charge on any atom is 0.256 e. The van der Waals surface area contributed by atoms with E-state index in [4.69, 9.17) is 4.74 Å². The first kappa shape index (κ1) is 19.9. The summed E-state index contributed by atoms with van der Waals surface area (Å²) in [7, 11) is 3.41. The highest BCUT2D eigenvalue weighted by Gasteiger charge is 2.29. The van der Waals surface area contributed by atoms with E-state index in [0.29, 0.717) is 24.4 Å². The number of amides is 2. The Morgan fingerprint density at radius 1 is 1.39 bits per heavy atom. The molecule has 2 aromatic rings. The summed E-state index contributed by atoms with van der Waals surface area (Å²) in [6, 6.07) is 5.87. The fourth-order valence-corrected chi connectivity index (χ4v) is 3.43. The summed E-state index contributed by atoms with van der Waals surface area (Å²) in [6.45, 7) is 1.41. The molecule has 28 heavy (non-hydrogen) atoms. The zero-order valence-corrected chi connectivity index (χ0v) is 16.2. The van der Waals surface area contributed by atoms with E-state index in [9.17, 15) is 14.0 Å². The number of ether oxygens (including phenoxy) is 1. The van der Waals surface area contributed by atoms with Crippen LogP contribution in [0.3, 0.4) is 0 Å². The standard InChI is InChI=1S/C20H25FN4O3/c1-24(2)20(27)17-12-22-23-19(17)14-5-4-9-25(13-14)18(26)8-10-28-16-7-3-6-15(21)11-16/h3,6-7,11-12,14H,4-5,8-10,13H2,1-2H3,(H,22,23)/t14-/m1/s1. The number of aromatic nitrogens is 2. The molecule has 0 unspecified atom stereocenters. The van der Waals surface area contributed by atoms with E-state index in [2.05, 4.69) is 10.2 Å². The van der Waals surface area contributed by atoms with E-state index in [0.717, 1.165) is 18.5 Å². The molecule has 0 aliphatic carbocycles.